The number of carbonyl (C=O) groups is 2. The molecular formula is C10H9N5O2. The van der Waals surface area contributed by atoms with Crippen LogP contribution >= 0.6 is 0 Å². The van der Waals surface area contributed by atoms with Gasteiger partial charge in [0.25, 0.3) is 0 Å². The van der Waals surface area contributed by atoms with Gasteiger partial charge in [0, 0.05) is 6.42 Å². The molecule has 2 N–H and O–H groups in total. The summed E-state index contributed by atoms with van der Waals surface area (Å²) in [6.07, 6.45) is 3.41. The average Bonchev–Trinajstić information content (AvgIpc) is 2.34. The molecule has 1 atom stereocenters. The van der Waals surface area contributed by atoms with Crippen LogP contribution in [0.4, 0.5) is 5.82 Å². The summed E-state index contributed by atoms with van der Waals surface area (Å²) in [5.41, 5.74) is 0.207. The van der Waals surface area contributed by atoms with Gasteiger partial charge in [0.05, 0.1) is 12.4 Å². The molecule has 7 nitrogen and oxygen atoms in total. The van der Waals surface area contributed by atoms with Crippen LogP contribution in [0, 0.1) is 11.3 Å². The number of nitrogens with zero attached hydrogens (tertiary/aromatic N) is 3. The highest BCUT2D eigenvalue weighted by Crippen LogP contribution is 2.10. The van der Waals surface area contributed by atoms with Crippen LogP contribution in [0.15, 0.2) is 12.4 Å². The van der Waals surface area contributed by atoms with Crippen LogP contribution in [0.3, 0.4) is 0 Å². The predicted octanol–water partition coefficient (Wildman–Crippen LogP) is -0.435. The second-order valence-corrected chi connectivity index (χ2v) is 3.55. The molecule has 0 saturated carbocycles. The molecule has 0 radical (unpaired) electrons. The number of hydrogen-bond donors (Lipinski definition) is 2. The van der Waals surface area contributed by atoms with Crippen molar-refractivity contribution in [2.45, 2.75) is 18.9 Å². The normalized spacial score (nSPS) is 19.4. The Morgan fingerprint density at radius 1 is 1.41 bits per heavy atom. The Morgan fingerprint density at radius 2 is 2.24 bits per heavy atom. The summed E-state index contributed by atoms with van der Waals surface area (Å²) in [6, 6.07) is 1.36. The number of aromatic nitrogens is 2. The van der Waals surface area contributed by atoms with E-state index in [2.05, 4.69) is 20.6 Å². The number of nitrogens with one attached hydrogen (secondary N) is 2. The molecule has 1 aliphatic rings. The highest BCUT2D eigenvalue weighted by atomic mass is 16.2. The largest absolute Gasteiger partial charge is 0.357 e. The van der Waals surface area contributed by atoms with Crippen molar-refractivity contribution >= 4 is 17.6 Å². The van der Waals surface area contributed by atoms with Crippen LogP contribution in [0.2, 0.25) is 0 Å². The zero-order valence-corrected chi connectivity index (χ0v) is 8.80. The third-order valence-corrected chi connectivity index (χ3v) is 2.33. The van der Waals surface area contributed by atoms with Gasteiger partial charge >= 0.3 is 0 Å². The van der Waals surface area contributed by atoms with Gasteiger partial charge in [-0.2, -0.15) is 5.26 Å². The van der Waals surface area contributed by atoms with Gasteiger partial charge in [0.15, 0.2) is 5.69 Å². The summed E-state index contributed by atoms with van der Waals surface area (Å²) < 4.78 is 0. The second kappa shape index (κ2) is 4.57. The molecule has 0 bridgehead atoms. The van der Waals surface area contributed by atoms with Gasteiger partial charge in [0.2, 0.25) is 11.8 Å². The lowest BCUT2D eigenvalue weighted by molar-refractivity contribution is -0.133. The maximum atomic E-state index is 11.4. The lowest BCUT2D eigenvalue weighted by Gasteiger charge is -2.21. The number of imide groups is 1. The molecule has 0 aliphatic carbocycles. The summed E-state index contributed by atoms with van der Waals surface area (Å²) in [7, 11) is 0. The van der Waals surface area contributed by atoms with E-state index in [-0.39, 0.29) is 17.5 Å². The smallest absolute Gasteiger partial charge is 0.249 e. The van der Waals surface area contributed by atoms with E-state index >= 15 is 0 Å². The monoisotopic (exact) mass is 231 g/mol. The van der Waals surface area contributed by atoms with Crippen molar-refractivity contribution in [3.8, 4) is 6.07 Å². The standard InChI is InChI=1S/C10H9N5O2/c11-3-6-4-13-8(5-12-6)14-7-1-2-9(16)15-10(7)17/h4-5,7H,1-2H2,(H,13,14)(H,15,16,17). The molecule has 7 heteroatoms. The van der Waals surface area contributed by atoms with Crippen LogP contribution in [-0.4, -0.2) is 27.8 Å². The van der Waals surface area contributed by atoms with E-state index in [4.69, 9.17) is 5.26 Å². The third-order valence-electron chi connectivity index (χ3n) is 2.33. The lowest BCUT2D eigenvalue weighted by Crippen LogP contribution is -2.47. The fourth-order valence-electron chi connectivity index (χ4n) is 1.47. The highest BCUT2D eigenvalue weighted by molar-refractivity contribution is 6.01. The first-order valence-electron chi connectivity index (χ1n) is 5.01. The predicted molar refractivity (Wildman–Crippen MR) is 56.5 cm³/mol. The van der Waals surface area contributed by atoms with Gasteiger partial charge in [-0.25, -0.2) is 9.97 Å². The van der Waals surface area contributed by atoms with Crippen LogP contribution in [0.5, 0.6) is 0 Å². The minimum atomic E-state index is -0.491. The minimum Gasteiger partial charge on any atom is -0.357 e. The molecule has 1 saturated heterocycles. The van der Waals surface area contributed by atoms with Crippen molar-refractivity contribution < 1.29 is 9.59 Å². The number of anilines is 1. The molecule has 2 rings (SSSR count). The summed E-state index contributed by atoms with van der Waals surface area (Å²) in [5, 5.41) is 13.6. The van der Waals surface area contributed by atoms with E-state index < -0.39 is 6.04 Å². The number of amides is 2. The molecule has 1 aromatic heterocycles. The molecule has 0 spiro atoms. The van der Waals surface area contributed by atoms with E-state index in [0.717, 1.165) is 0 Å². The van der Waals surface area contributed by atoms with Crippen LogP contribution in [0.25, 0.3) is 0 Å². The zero-order valence-electron chi connectivity index (χ0n) is 8.80. The van der Waals surface area contributed by atoms with E-state index in [9.17, 15) is 9.59 Å². The molecule has 0 aromatic carbocycles. The summed E-state index contributed by atoms with van der Waals surface area (Å²) in [6.45, 7) is 0. The molecule has 2 amide bonds. The molecule has 1 fully saturated rings. The minimum absolute atomic E-state index is 0.207. The first-order chi connectivity index (χ1) is 8.19. The fourth-order valence-corrected chi connectivity index (χ4v) is 1.47. The topological polar surface area (TPSA) is 108 Å². The van der Waals surface area contributed by atoms with Crippen molar-refractivity contribution in [2.75, 3.05) is 5.32 Å². The second-order valence-electron chi connectivity index (χ2n) is 3.55. The van der Waals surface area contributed by atoms with Crippen molar-refractivity contribution in [2.24, 2.45) is 0 Å². The molecule has 1 aliphatic heterocycles. The van der Waals surface area contributed by atoms with Gasteiger partial charge in [-0.3, -0.25) is 14.9 Å². The Kier molecular flexibility index (Phi) is 2.96. The van der Waals surface area contributed by atoms with Crippen molar-refractivity contribution in [3.05, 3.63) is 18.1 Å². The van der Waals surface area contributed by atoms with Crippen LogP contribution in [-0.2, 0) is 9.59 Å². The quantitative estimate of drug-likeness (QED) is 0.668. The molecule has 86 valence electrons. The molecular weight excluding hydrogens is 222 g/mol. The van der Waals surface area contributed by atoms with E-state index in [1.807, 2.05) is 6.07 Å². The number of carbonyl (C=O) groups excluding carboxylic acids is 2. The van der Waals surface area contributed by atoms with Gasteiger partial charge < -0.3 is 5.32 Å². The van der Waals surface area contributed by atoms with Gasteiger partial charge in [-0.1, -0.05) is 0 Å². The lowest BCUT2D eigenvalue weighted by atomic mass is 10.1. The van der Waals surface area contributed by atoms with Gasteiger partial charge in [-0.05, 0) is 6.42 Å². The Bertz CT molecular complexity index is 490. The highest BCUT2D eigenvalue weighted by Gasteiger charge is 2.26. The van der Waals surface area contributed by atoms with Crippen molar-refractivity contribution in [3.63, 3.8) is 0 Å². The Morgan fingerprint density at radius 3 is 2.82 bits per heavy atom. The van der Waals surface area contributed by atoms with E-state index in [1.54, 1.807) is 0 Å². The van der Waals surface area contributed by atoms with Crippen LogP contribution < -0.4 is 10.6 Å². The maximum Gasteiger partial charge on any atom is 0.249 e. The Hall–Kier alpha value is -2.49. The SMILES string of the molecule is N#Cc1cnc(NC2CCC(=O)NC2=O)cn1. The van der Waals surface area contributed by atoms with Gasteiger partial charge in [-0.15, -0.1) is 0 Å². The summed E-state index contributed by atoms with van der Waals surface area (Å²) in [5.74, 6) is -0.232. The van der Waals surface area contributed by atoms with E-state index in [0.29, 0.717) is 18.7 Å². The molecule has 17 heavy (non-hydrogen) atoms. The number of rotatable bonds is 2. The molecule has 1 aromatic rings. The first kappa shape index (κ1) is 11.0. The van der Waals surface area contributed by atoms with Crippen LogP contribution in [0.1, 0.15) is 18.5 Å². The maximum absolute atomic E-state index is 11.4. The Labute approximate surface area is 96.9 Å². The summed E-state index contributed by atoms with van der Waals surface area (Å²) >= 11 is 0. The molecule has 2 heterocycles. The van der Waals surface area contributed by atoms with Gasteiger partial charge in [0.1, 0.15) is 17.9 Å². The van der Waals surface area contributed by atoms with E-state index in [1.165, 1.54) is 12.4 Å². The Balaban J connectivity index is 2.03. The number of nitriles is 1. The third kappa shape index (κ3) is 2.55. The zero-order chi connectivity index (χ0) is 12.3. The number of piperidine rings is 1. The summed E-state index contributed by atoms with van der Waals surface area (Å²) in [4.78, 5) is 30.1. The van der Waals surface area contributed by atoms with Crippen molar-refractivity contribution in [1.29, 1.82) is 5.26 Å². The molecule has 1 unspecified atom stereocenters. The average molecular weight is 231 g/mol. The number of hydrogen-bond acceptors (Lipinski definition) is 6. The van der Waals surface area contributed by atoms with Crippen molar-refractivity contribution in [1.82, 2.24) is 15.3 Å². The first-order valence-corrected chi connectivity index (χ1v) is 5.01. The fraction of sp³-hybridized carbons (Fsp3) is 0.300.